The van der Waals surface area contributed by atoms with Crippen molar-refractivity contribution in [1.82, 2.24) is 14.9 Å². The second kappa shape index (κ2) is 8.40. The van der Waals surface area contributed by atoms with Crippen molar-refractivity contribution in [1.29, 1.82) is 0 Å². The highest BCUT2D eigenvalue weighted by molar-refractivity contribution is 5.80. The van der Waals surface area contributed by atoms with Crippen LogP contribution in [0.15, 0.2) is 60.9 Å². The Hall–Kier alpha value is -3.28. The van der Waals surface area contributed by atoms with E-state index >= 15 is 0 Å². The lowest BCUT2D eigenvalue weighted by atomic mass is 10.2. The van der Waals surface area contributed by atoms with Gasteiger partial charge in [-0.2, -0.15) is 0 Å². The molecule has 0 unspecified atom stereocenters. The van der Waals surface area contributed by atoms with Crippen LogP contribution in [-0.4, -0.2) is 28.7 Å². The first-order valence-corrected chi connectivity index (χ1v) is 8.74. The van der Waals surface area contributed by atoms with Crippen molar-refractivity contribution in [3.63, 3.8) is 0 Å². The summed E-state index contributed by atoms with van der Waals surface area (Å²) in [6.07, 6.45) is 3.10. The number of carbonyl (C=O) groups excluding carboxylic acids is 1. The lowest BCUT2D eigenvalue weighted by Crippen LogP contribution is -2.35. The fraction of sp³-hybridized carbons (Fsp3) is 0.238. The molecule has 0 fully saturated rings. The fourth-order valence-corrected chi connectivity index (χ4v) is 2.67. The Bertz CT molecular complexity index is 886. The van der Waals surface area contributed by atoms with Gasteiger partial charge in [0.1, 0.15) is 17.3 Å². The molecule has 6 heteroatoms. The Morgan fingerprint density at radius 2 is 1.78 bits per heavy atom. The summed E-state index contributed by atoms with van der Waals surface area (Å²) in [5.41, 5.74) is 2.05. The van der Waals surface area contributed by atoms with Crippen LogP contribution in [0, 0.1) is 6.92 Å². The van der Waals surface area contributed by atoms with Crippen LogP contribution in [0.5, 0.6) is 11.5 Å². The molecule has 0 aliphatic carbocycles. The van der Waals surface area contributed by atoms with E-state index in [1.807, 2.05) is 42.0 Å². The molecule has 1 atom stereocenters. The molecule has 140 valence electrons. The highest BCUT2D eigenvalue weighted by atomic mass is 16.5. The number of hydrogen-bond acceptors (Lipinski definition) is 4. The van der Waals surface area contributed by atoms with E-state index in [0.717, 1.165) is 22.8 Å². The Morgan fingerprint density at radius 1 is 1.11 bits per heavy atom. The number of aromatic nitrogens is 2. The van der Waals surface area contributed by atoms with Crippen molar-refractivity contribution in [2.75, 3.05) is 7.11 Å². The summed E-state index contributed by atoms with van der Waals surface area (Å²) < 4.78 is 12.8. The zero-order valence-corrected chi connectivity index (χ0v) is 15.7. The zero-order valence-electron chi connectivity index (χ0n) is 15.7. The molecule has 0 spiro atoms. The maximum absolute atomic E-state index is 12.3. The van der Waals surface area contributed by atoms with Crippen molar-refractivity contribution in [2.24, 2.45) is 0 Å². The van der Waals surface area contributed by atoms with Gasteiger partial charge in [-0.3, -0.25) is 4.79 Å². The number of amides is 1. The topological polar surface area (TPSA) is 65.4 Å². The van der Waals surface area contributed by atoms with E-state index in [0.29, 0.717) is 12.3 Å². The van der Waals surface area contributed by atoms with E-state index in [2.05, 4.69) is 10.3 Å². The Morgan fingerprint density at radius 3 is 2.37 bits per heavy atom. The molecule has 2 aromatic carbocycles. The van der Waals surface area contributed by atoms with Gasteiger partial charge in [-0.1, -0.05) is 12.1 Å². The molecule has 0 saturated heterocycles. The van der Waals surface area contributed by atoms with Crippen molar-refractivity contribution < 1.29 is 14.3 Å². The number of aryl methyl sites for hydroxylation is 1. The number of ether oxygens (including phenoxy) is 2. The highest BCUT2D eigenvalue weighted by Gasteiger charge is 2.14. The molecule has 1 aromatic heterocycles. The first-order valence-electron chi connectivity index (χ1n) is 8.74. The van der Waals surface area contributed by atoms with Gasteiger partial charge in [0.2, 0.25) is 0 Å². The third-order valence-corrected chi connectivity index (χ3v) is 4.25. The summed E-state index contributed by atoms with van der Waals surface area (Å²) in [6, 6.07) is 15.1. The molecule has 0 aliphatic rings. The second-order valence-electron chi connectivity index (χ2n) is 6.16. The fourth-order valence-electron chi connectivity index (χ4n) is 2.67. The summed E-state index contributed by atoms with van der Waals surface area (Å²) in [6.45, 7) is 4.13. The number of nitrogens with one attached hydrogen (secondary N) is 1. The van der Waals surface area contributed by atoms with Gasteiger partial charge < -0.3 is 19.4 Å². The molecule has 0 aliphatic heterocycles. The van der Waals surface area contributed by atoms with Crippen LogP contribution in [0.3, 0.4) is 0 Å². The van der Waals surface area contributed by atoms with Gasteiger partial charge in [-0.25, -0.2) is 4.98 Å². The van der Waals surface area contributed by atoms with Crippen molar-refractivity contribution in [2.45, 2.75) is 26.5 Å². The number of nitrogens with zero attached hydrogens (tertiary/aromatic N) is 2. The summed E-state index contributed by atoms with van der Waals surface area (Å²) >= 11 is 0. The molecular weight excluding hydrogens is 342 g/mol. The third-order valence-electron chi connectivity index (χ3n) is 4.25. The zero-order chi connectivity index (χ0) is 19.2. The van der Waals surface area contributed by atoms with Gasteiger partial charge in [-0.15, -0.1) is 0 Å². The molecular formula is C21H23N3O3. The number of imidazole rings is 1. The van der Waals surface area contributed by atoms with Gasteiger partial charge in [0.25, 0.3) is 5.91 Å². The summed E-state index contributed by atoms with van der Waals surface area (Å²) in [5.74, 6) is 2.13. The Kier molecular flexibility index (Phi) is 5.76. The molecule has 27 heavy (non-hydrogen) atoms. The predicted molar refractivity (Wildman–Crippen MR) is 103 cm³/mol. The molecule has 3 rings (SSSR count). The SMILES string of the molecule is COc1ccc(O[C@H](C)C(=O)NCc2ccc(-n3ccnc3C)cc2)cc1. The van der Waals surface area contributed by atoms with Crippen molar-refractivity contribution in [3.05, 3.63) is 72.3 Å². The van der Waals surface area contributed by atoms with E-state index in [9.17, 15) is 4.79 Å². The Labute approximate surface area is 158 Å². The van der Waals surface area contributed by atoms with Crippen LogP contribution < -0.4 is 14.8 Å². The number of benzene rings is 2. The van der Waals surface area contributed by atoms with E-state index in [-0.39, 0.29) is 5.91 Å². The predicted octanol–water partition coefficient (Wildman–Crippen LogP) is 3.27. The molecule has 1 amide bonds. The minimum atomic E-state index is -0.591. The molecule has 3 aromatic rings. The van der Waals surface area contributed by atoms with Crippen molar-refractivity contribution in [3.8, 4) is 17.2 Å². The normalized spacial score (nSPS) is 11.7. The molecule has 1 N–H and O–H groups in total. The number of hydrogen-bond donors (Lipinski definition) is 1. The summed E-state index contributed by atoms with van der Waals surface area (Å²) in [5, 5.41) is 2.90. The van der Waals surface area contributed by atoms with Crippen LogP contribution in [0.2, 0.25) is 0 Å². The summed E-state index contributed by atoms with van der Waals surface area (Å²) in [4.78, 5) is 16.5. The van der Waals surface area contributed by atoms with Crippen molar-refractivity contribution >= 4 is 5.91 Å². The van der Waals surface area contributed by atoms with Gasteiger partial charge in [0, 0.05) is 24.6 Å². The second-order valence-corrected chi connectivity index (χ2v) is 6.16. The standard InChI is InChI=1S/C21H23N3O3/c1-15(27-20-10-8-19(26-3)9-11-20)21(25)23-14-17-4-6-18(7-5-17)24-13-12-22-16(24)2/h4-13,15H,14H2,1-3H3,(H,23,25)/t15-/m1/s1. The van der Waals surface area contributed by atoms with E-state index < -0.39 is 6.10 Å². The lowest BCUT2D eigenvalue weighted by Gasteiger charge is -2.15. The molecule has 0 saturated carbocycles. The van der Waals surface area contributed by atoms with Gasteiger partial charge in [0.05, 0.1) is 7.11 Å². The van der Waals surface area contributed by atoms with Gasteiger partial charge in [0.15, 0.2) is 6.10 Å². The maximum atomic E-state index is 12.3. The highest BCUT2D eigenvalue weighted by Crippen LogP contribution is 2.18. The first kappa shape index (κ1) is 18.5. The number of methoxy groups -OCH3 is 1. The van der Waals surface area contributed by atoms with Crippen LogP contribution >= 0.6 is 0 Å². The van der Waals surface area contributed by atoms with Gasteiger partial charge >= 0.3 is 0 Å². The minimum absolute atomic E-state index is 0.166. The van der Waals surface area contributed by atoms with Crippen LogP contribution in [0.1, 0.15) is 18.3 Å². The Balaban J connectivity index is 1.52. The van der Waals surface area contributed by atoms with Crippen LogP contribution in [-0.2, 0) is 11.3 Å². The van der Waals surface area contributed by atoms with Crippen LogP contribution in [0.25, 0.3) is 5.69 Å². The lowest BCUT2D eigenvalue weighted by molar-refractivity contribution is -0.127. The van der Waals surface area contributed by atoms with E-state index in [1.165, 1.54) is 0 Å². The molecule has 0 bridgehead atoms. The average molecular weight is 365 g/mol. The monoisotopic (exact) mass is 365 g/mol. The summed E-state index contributed by atoms with van der Waals surface area (Å²) in [7, 11) is 1.61. The minimum Gasteiger partial charge on any atom is -0.497 e. The largest absolute Gasteiger partial charge is 0.497 e. The first-order chi connectivity index (χ1) is 13.1. The number of carbonyl (C=O) groups is 1. The smallest absolute Gasteiger partial charge is 0.261 e. The molecule has 1 heterocycles. The number of rotatable bonds is 7. The van der Waals surface area contributed by atoms with E-state index in [4.69, 9.17) is 9.47 Å². The van der Waals surface area contributed by atoms with Gasteiger partial charge in [-0.05, 0) is 55.8 Å². The quantitative estimate of drug-likeness (QED) is 0.698. The molecule has 6 nitrogen and oxygen atoms in total. The average Bonchev–Trinajstić information content (AvgIpc) is 3.13. The molecule has 0 radical (unpaired) electrons. The maximum Gasteiger partial charge on any atom is 0.261 e. The van der Waals surface area contributed by atoms with E-state index in [1.54, 1.807) is 44.5 Å². The third kappa shape index (κ3) is 4.67. The van der Waals surface area contributed by atoms with Crippen LogP contribution in [0.4, 0.5) is 0 Å².